The van der Waals surface area contributed by atoms with Crippen molar-refractivity contribution in [1.82, 2.24) is 4.98 Å². The van der Waals surface area contributed by atoms with E-state index in [4.69, 9.17) is 4.74 Å². The first-order valence-electron chi connectivity index (χ1n) is 5.14. The van der Waals surface area contributed by atoms with Crippen molar-refractivity contribution in [2.24, 2.45) is 0 Å². The zero-order valence-electron chi connectivity index (χ0n) is 9.09. The first kappa shape index (κ1) is 11.7. The standard InChI is InChI=1S/C11H12BrNO2S/c1-3-6-9-7(13-10(6)12)5-8(16-9)11(14)15-4-2/h5,13H,3-4H2,1-2H3. The van der Waals surface area contributed by atoms with E-state index in [0.717, 1.165) is 21.2 Å². The molecule has 0 aromatic carbocycles. The van der Waals surface area contributed by atoms with Gasteiger partial charge in [-0.25, -0.2) is 4.79 Å². The predicted molar refractivity (Wildman–Crippen MR) is 69.2 cm³/mol. The van der Waals surface area contributed by atoms with E-state index in [1.165, 1.54) is 16.9 Å². The van der Waals surface area contributed by atoms with Gasteiger partial charge in [0.2, 0.25) is 0 Å². The van der Waals surface area contributed by atoms with Gasteiger partial charge in [-0.1, -0.05) is 6.92 Å². The molecule has 0 aliphatic rings. The fraction of sp³-hybridized carbons (Fsp3) is 0.364. The Hall–Kier alpha value is -0.810. The molecule has 1 N–H and O–H groups in total. The minimum atomic E-state index is -0.240. The van der Waals surface area contributed by atoms with E-state index in [0.29, 0.717) is 11.5 Å². The first-order valence-corrected chi connectivity index (χ1v) is 6.75. The van der Waals surface area contributed by atoms with Crippen LogP contribution in [0.5, 0.6) is 0 Å². The normalized spacial score (nSPS) is 10.9. The molecule has 5 heteroatoms. The van der Waals surface area contributed by atoms with Crippen LogP contribution in [0.15, 0.2) is 10.7 Å². The lowest BCUT2D eigenvalue weighted by atomic mass is 10.2. The summed E-state index contributed by atoms with van der Waals surface area (Å²) in [6, 6.07) is 1.85. The summed E-state index contributed by atoms with van der Waals surface area (Å²) in [7, 11) is 0. The highest BCUT2D eigenvalue weighted by Crippen LogP contribution is 2.34. The van der Waals surface area contributed by atoms with Crippen LogP contribution in [0.2, 0.25) is 0 Å². The second kappa shape index (κ2) is 4.59. The Balaban J connectivity index is 2.45. The molecule has 0 saturated carbocycles. The number of ether oxygens (including phenoxy) is 1. The lowest BCUT2D eigenvalue weighted by Gasteiger charge is -1.97. The summed E-state index contributed by atoms with van der Waals surface area (Å²) in [6.07, 6.45) is 0.934. The summed E-state index contributed by atoms with van der Waals surface area (Å²) in [5.41, 5.74) is 2.22. The maximum Gasteiger partial charge on any atom is 0.348 e. The number of carbonyl (C=O) groups excluding carboxylic acids is 1. The minimum absolute atomic E-state index is 0.240. The molecule has 0 fully saturated rings. The number of H-pyrrole nitrogens is 1. The molecule has 0 atom stereocenters. The molecule has 0 spiro atoms. The molecule has 86 valence electrons. The Morgan fingerprint density at radius 2 is 2.31 bits per heavy atom. The van der Waals surface area contributed by atoms with Crippen LogP contribution in [0.25, 0.3) is 10.2 Å². The van der Waals surface area contributed by atoms with Gasteiger partial charge in [0.05, 0.1) is 21.4 Å². The lowest BCUT2D eigenvalue weighted by molar-refractivity contribution is 0.0532. The molecule has 0 amide bonds. The molecule has 0 aliphatic heterocycles. The highest BCUT2D eigenvalue weighted by atomic mass is 79.9. The van der Waals surface area contributed by atoms with E-state index in [1.54, 1.807) is 0 Å². The third-order valence-electron chi connectivity index (χ3n) is 2.35. The summed E-state index contributed by atoms with van der Waals surface area (Å²) >= 11 is 4.96. The smallest absolute Gasteiger partial charge is 0.348 e. The van der Waals surface area contributed by atoms with E-state index in [1.807, 2.05) is 13.0 Å². The largest absolute Gasteiger partial charge is 0.462 e. The molecule has 0 saturated heterocycles. The molecule has 0 unspecified atom stereocenters. The Bertz CT molecular complexity index is 529. The van der Waals surface area contributed by atoms with Crippen molar-refractivity contribution in [3.8, 4) is 0 Å². The second-order valence-corrected chi connectivity index (χ2v) is 5.19. The maximum absolute atomic E-state index is 11.6. The van der Waals surface area contributed by atoms with E-state index >= 15 is 0 Å². The van der Waals surface area contributed by atoms with Crippen LogP contribution in [0.1, 0.15) is 29.1 Å². The van der Waals surface area contributed by atoms with Crippen LogP contribution in [-0.4, -0.2) is 17.6 Å². The van der Waals surface area contributed by atoms with Crippen molar-refractivity contribution in [2.75, 3.05) is 6.61 Å². The molecule has 0 radical (unpaired) electrons. The Kier molecular flexibility index (Phi) is 3.35. The van der Waals surface area contributed by atoms with Crippen molar-refractivity contribution in [3.05, 3.63) is 21.1 Å². The number of hydrogen-bond acceptors (Lipinski definition) is 3. The average Bonchev–Trinajstić information content (AvgIpc) is 2.74. The van der Waals surface area contributed by atoms with Gasteiger partial charge in [-0.2, -0.15) is 0 Å². The van der Waals surface area contributed by atoms with E-state index < -0.39 is 0 Å². The number of aromatic amines is 1. The fourth-order valence-corrected chi connectivity index (χ4v) is 3.57. The van der Waals surface area contributed by atoms with Crippen molar-refractivity contribution in [2.45, 2.75) is 20.3 Å². The number of thiophene rings is 1. The zero-order chi connectivity index (χ0) is 11.7. The highest BCUT2D eigenvalue weighted by Gasteiger charge is 2.16. The molecule has 0 bridgehead atoms. The lowest BCUT2D eigenvalue weighted by Crippen LogP contribution is -2.01. The number of nitrogens with one attached hydrogen (secondary N) is 1. The number of hydrogen-bond donors (Lipinski definition) is 1. The molecule has 2 heterocycles. The number of fused-ring (bicyclic) bond motifs is 1. The number of carbonyl (C=O) groups is 1. The van der Waals surface area contributed by atoms with Crippen LogP contribution >= 0.6 is 27.3 Å². The van der Waals surface area contributed by atoms with Crippen molar-refractivity contribution in [1.29, 1.82) is 0 Å². The molecule has 2 aromatic heterocycles. The second-order valence-electron chi connectivity index (χ2n) is 3.35. The van der Waals surface area contributed by atoms with Gasteiger partial charge in [0.15, 0.2) is 0 Å². The Labute approximate surface area is 106 Å². The Morgan fingerprint density at radius 1 is 1.56 bits per heavy atom. The summed E-state index contributed by atoms with van der Waals surface area (Å²) in [4.78, 5) is 15.4. The predicted octanol–water partition coefficient (Wildman–Crippen LogP) is 3.73. The van der Waals surface area contributed by atoms with Gasteiger partial charge in [-0.15, -0.1) is 11.3 Å². The van der Waals surface area contributed by atoms with E-state index in [9.17, 15) is 4.79 Å². The molecule has 16 heavy (non-hydrogen) atoms. The van der Waals surface area contributed by atoms with Crippen LogP contribution < -0.4 is 0 Å². The number of halogens is 1. The summed E-state index contributed by atoms with van der Waals surface area (Å²) < 4.78 is 7.12. The van der Waals surface area contributed by atoms with Crippen LogP contribution in [0.3, 0.4) is 0 Å². The van der Waals surface area contributed by atoms with Gasteiger partial charge in [0.1, 0.15) is 4.88 Å². The monoisotopic (exact) mass is 301 g/mol. The topological polar surface area (TPSA) is 42.1 Å². The molecule has 3 nitrogen and oxygen atoms in total. The van der Waals surface area contributed by atoms with E-state index in [2.05, 4.69) is 27.8 Å². The van der Waals surface area contributed by atoms with Crippen molar-refractivity contribution in [3.63, 3.8) is 0 Å². The summed E-state index contributed by atoms with van der Waals surface area (Å²) in [6.45, 7) is 4.32. The molecule has 2 rings (SSSR count). The third-order valence-corrected chi connectivity index (χ3v) is 4.20. The average molecular weight is 302 g/mol. The third kappa shape index (κ3) is 1.89. The van der Waals surface area contributed by atoms with Gasteiger partial charge in [0, 0.05) is 5.56 Å². The van der Waals surface area contributed by atoms with Crippen molar-refractivity contribution >= 4 is 43.5 Å². The van der Waals surface area contributed by atoms with Gasteiger partial charge in [-0.3, -0.25) is 0 Å². The number of aromatic nitrogens is 1. The zero-order valence-corrected chi connectivity index (χ0v) is 11.5. The van der Waals surface area contributed by atoms with Gasteiger partial charge >= 0.3 is 5.97 Å². The maximum atomic E-state index is 11.6. The highest BCUT2D eigenvalue weighted by molar-refractivity contribution is 9.10. The minimum Gasteiger partial charge on any atom is -0.462 e. The van der Waals surface area contributed by atoms with Gasteiger partial charge < -0.3 is 9.72 Å². The van der Waals surface area contributed by atoms with Crippen LogP contribution in [0, 0.1) is 0 Å². The van der Waals surface area contributed by atoms with Crippen LogP contribution in [0.4, 0.5) is 0 Å². The van der Waals surface area contributed by atoms with Gasteiger partial charge in [-0.05, 0) is 35.3 Å². The summed E-state index contributed by atoms with van der Waals surface area (Å²) in [5, 5.41) is 0. The van der Waals surface area contributed by atoms with E-state index in [-0.39, 0.29) is 5.97 Å². The van der Waals surface area contributed by atoms with Crippen LogP contribution in [-0.2, 0) is 11.2 Å². The fourth-order valence-electron chi connectivity index (χ4n) is 1.62. The molecular formula is C11H12BrNO2S. The summed E-state index contributed by atoms with van der Waals surface area (Å²) in [5.74, 6) is -0.240. The number of aryl methyl sites for hydroxylation is 1. The number of esters is 1. The Morgan fingerprint density at radius 3 is 2.94 bits per heavy atom. The SMILES string of the molecule is CCOC(=O)c1cc2[nH]c(Br)c(CC)c2s1. The van der Waals surface area contributed by atoms with Gasteiger partial charge in [0.25, 0.3) is 0 Å². The molecular weight excluding hydrogens is 290 g/mol. The number of rotatable bonds is 3. The molecule has 0 aliphatic carbocycles. The van der Waals surface area contributed by atoms with Crippen molar-refractivity contribution < 1.29 is 9.53 Å². The first-order chi connectivity index (χ1) is 7.67. The quantitative estimate of drug-likeness (QED) is 0.878. The molecule has 2 aromatic rings.